The normalized spacial score (nSPS) is 13.1. The van der Waals surface area contributed by atoms with Gasteiger partial charge in [0.1, 0.15) is 0 Å². The van der Waals surface area contributed by atoms with Crippen LogP contribution in [0.25, 0.3) is 0 Å². The van der Waals surface area contributed by atoms with Crippen molar-refractivity contribution >= 4 is 8.32 Å². The molecule has 0 bridgehead atoms. The number of hydrogen-bond acceptors (Lipinski definition) is 3. The van der Waals surface area contributed by atoms with E-state index in [0.717, 1.165) is 16.8 Å². The molecule has 0 N–H and O–H groups in total. The summed E-state index contributed by atoms with van der Waals surface area (Å²) in [5.74, 6) is 0. The van der Waals surface area contributed by atoms with E-state index in [1.54, 1.807) is 6.20 Å². The Kier molecular flexibility index (Phi) is 5.02. The van der Waals surface area contributed by atoms with Crippen LogP contribution in [0.15, 0.2) is 12.3 Å². The third kappa shape index (κ3) is 3.93. The van der Waals surface area contributed by atoms with Crippen molar-refractivity contribution in [2.75, 3.05) is 0 Å². The predicted molar refractivity (Wildman–Crippen MR) is 89.6 cm³/mol. The van der Waals surface area contributed by atoms with Crippen LogP contribution in [0.4, 0.5) is 0 Å². The number of aromatic nitrogens is 1. The quantitative estimate of drug-likeness (QED) is 0.757. The predicted octanol–water partition coefficient (Wildman–Crippen LogP) is 4.71. The van der Waals surface area contributed by atoms with Crippen LogP contribution in [0.1, 0.15) is 51.4 Å². The number of hydrogen-bond donors (Lipinski definition) is 0. The Balaban J connectivity index is 3.14. The first-order chi connectivity index (χ1) is 9.42. The van der Waals surface area contributed by atoms with Crippen molar-refractivity contribution in [2.24, 2.45) is 0 Å². The standard InChI is InChI=1S/C17H28N2OSi/c1-13-9-10-19-15(17(5,6)12-18)14(13)11-20-21(7,8)16(2,3)4/h9-10H,11H2,1-8H3. The van der Waals surface area contributed by atoms with Crippen LogP contribution in [0.3, 0.4) is 0 Å². The summed E-state index contributed by atoms with van der Waals surface area (Å²) < 4.78 is 6.33. The average Bonchev–Trinajstić information content (AvgIpc) is 2.35. The second-order valence-electron chi connectivity index (χ2n) is 7.74. The van der Waals surface area contributed by atoms with Crippen molar-refractivity contribution in [3.05, 3.63) is 29.1 Å². The summed E-state index contributed by atoms with van der Waals surface area (Å²) in [5.41, 5.74) is 2.44. The van der Waals surface area contributed by atoms with E-state index >= 15 is 0 Å². The summed E-state index contributed by atoms with van der Waals surface area (Å²) in [6.45, 7) is 17.6. The Morgan fingerprint density at radius 1 is 1.24 bits per heavy atom. The topological polar surface area (TPSA) is 45.9 Å². The van der Waals surface area contributed by atoms with Crippen LogP contribution in [-0.4, -0.2) is 13.3 Å². The van der Waals surface area contributed by atoms with Crippen molar-refractivity contribution in [1.82, 2.24) is 4.98 Å². The Hall–Kier alpha value is -1.18. The van der Waals surface area contributed by atoms with Gasteiger partial charge < -0.3 is 4.43 Å². The summed E-state index contributed by atoms with van der Waals surface area (Å²) in [6, 6.07) is 4.33. The molecule has 0 amide bonds. The van der Waals surface area contributed by atoms with Gasteiger partial charge >= 0.3 is 0 Å². The number of rotatable bonds is 4. The van der Waals surface area contributed by atoms with Gasteiger partial charge in [0.05, 0.1) is 23.8 Å². The molecule has 1 rings (SSSR count). The van der Waals surface area contributed by atoms with Crippen molar-refractivity contribution in [3.63, 3.8) is 0 Å². The molecule has 0 spiro atoms. The van der Waals surface area contributed by atoms with E-state index in [4.69, 9.17) is 4.43 Å². The van der Waals surface area contributed by atoms with Gasteiger partial charge in [-0.05, 0) is 50.5 Å². The Labute approximate surface area is 130 Å². The molecule has 1 heterocycles. The molecule has 4 heteroatoms. The molecule has 0 saturated heterocycles. The maximum atomic E-state index is 9.40. The molecule has 0 saturated carbocycles. The lowest BCUT2D eigenvalue weighted by Gasteiger charge is -2.36. The number of aryl methyl sites for hydroxylation is 1. The number of nitriles is 1. The second-order valence-corrected chi connectivity index (χ2v) is 12.6. The number of nitrogens with zero attached hydrogens (tertiary/aromatic N) is 2. The fourth-order valence-electron chi connectivity index (χ4n) is 1.83. The summed E-state index contributed by atoms with van der Waals surface area (Å²) in [6.07, 6.45) is 1.78. The van der Waals surface area contributed by atoms with Crippen LogP contribution in [0, 0.1) is 18.3 Å². The molecule has 1 aromatic heterocycles. The molecule has 3 nitrogen and oxygen atoms in total. The molecule has 0 aliphatic rings. The summed E-state index contributed by atoms with van der Waals surface area (Å²) in [5, 5.41) is 9.57. The van der Waals surface area contributed by atoms with Crippen molar-refractivity contribution < 1.29 is 4.43 Å². The molecule has 0 atom stereocenters. The van der Waals surface area contributed by atoms with E-state index in [9.17, 15) is 5.26 Å². The van der Waals surface area contributed by atoms with E-state index in [0.29, 0.717) is 6.61 Å². The van der Waals surface area contributed by atoms with Crippen LogP contribution < -0.4 is 0 Å². The van der Waals surface area contributed by atoms with Crippen LogP contribution in [0.5, 0.6) is 0 Å². The lowest BCUT2D eigenvalue weighted by Crippen LogP contribution is -2.40. The van der Waals surface area contributed by atoms with Gasteiger partial charge in [-0.25, -0.2) is 0 Å². The average molecular weight is 305 g/mol. The van der Waals surface area contributed by atoms with Crippen molar-refractivity contribution in [1.29, 1.82) is 5.26 Å². The summed E-state index contributed by atoms with van der Waals surface area (Å²) in [4.78, 5) is 4.46. The second kappa shape index (κ2) is 5.90. The highest BCUT2D eigenvalue weighted by molar-refractivity contribution is 6.74. The highest BCUT2D eigenvalue weighted by Crippen LogP contribution is 2.37. The van der Waals surface area contributed by atoms with Gasteiger partial charge in [0.25, 0.3) is 0 Å². The zero-order valence-electron chi connectivity index (χ0n) is 14.7. The molecule has 0 aliphatic heterocycles. The molecule has 1 aromatic rings. The highest BCUT2D eigenvalue weighted by atomic mass is 28.4. The fourth-order valence-corrected chi connectivity index (χ4v) is 2.77. The monoisotopic (exact) mass is 304 g/mol. The molecule has 21 heavy (non-hydrogen) atoms. The van der Waals surface area contributed by atoms with E-state index in [1.807, 2.05) is 19.9 Å². The summed E-state index contributed by atoms with van der Waals surface area (Å²) in [7, 11) is -1.81. The maximum Gasteiger partial charge on any atom is 0.192 e. The molecule has 0 aliphatic carbocycles. The van der Waals surface area contributed by atoms with Gasteiger partial charge in [-0.1, -0.05) is 20.8 Å². The molecule has 0 aromatic carbocycles. The molecule has 116 valence electrons. The Bertz CT molecular complexity index is 551. The van der Waals surface area contributed by atoms with E-state index in [2.05, 4.69) is 51.8 Å². The van der Waals surface area contributed by atoms with E-state index in [-0.39, 0.29) is 5.04 Å². The van der Waals surface area contributed by atoms with Gasteiger partial charge in [0.2, 0.25) is 0 Å². The van der Waals surface area contributed by atoms with Crippen LogP contribution in [0.2, 0.25) is 18.1 Å². The zero-order valence-corrected chi connectivity index (χ0v) is 15.7. The lowest BCUT2D eigenvalue weighted by atomic mass is 9.86. The molecular formula is C17H28N2OSi. The maximum absolute atomic E-state index is 9.40. The molecule has 0 fully saturated rings. The summed E-state index contributed by atoms with van der Waals surface area (Å²) >= 11 is 0. The van der Waals surface area contributed by atoms with Crippen LogP contribution >= 0.6 is 0 Å². The first-order valence-corrected chi connectivity index (χ1v) is 10.3. The zero-order chi connectivity index (χ0) is 16.5. The minimum absolute atomic E-state index is 0.175. The third-order valence-corrected chi connectivity index (χ3v) is 9.02. The molecular weight excluding hydrogens is 276 g/mol. The largest absolute Gasteiger partial charge is 0.412 e. The Morgan fingerprint density at radius 2 is 1.81 bits per heavy atom. The van der Waals surface area contributed by atoms with Crippen LogP contribution in [-0.2, 0) is 16.4 Å². The lowest BCUT2D eigenvalue weighted by molar-refractivity contribution is 0.272. The number of pyridine rings is 1. The minimum atomic E-state index is -1.81. The van der Waals surface area contributed by atoms with Gasteiger partial charge in [0.15, 0.2) is 8.32 Å². The molecule has 0 radical (unpaired) electrons. The van der Waals surface area contributed by atoms with Crippen molar-refractivity contribution in [2.45, 2.75) is 71.7 Å². The SMILES string of the molecule is Cc1ccnc(C(C)(C)C#N)c1CO[Si](C)(C)C(C)(C)C. The third-order valence-electron chi connectivity index (χ3n) is 4.55. The van der Waals surface area contributed by atoms with Gasteiger partial charge in [-0.15, -0.1) is 0 Å². The van der Waals surface area contributed by atoms with Crippen molar-refractivity contribution in [3.8, 4) is 6.07 Å². The first-order valence-electron chi connectivity index (χ1n) is 7.42. The van der Waals surface area contributed by atoms with E-state index < -0.39 is 13.7 Å². The molecule has 0 unspecified atom stereocenters. The fraction of sp³-hybridized carbons (Fsp3) is 0.647. The Morgan fingerprint density at radius 3 is 2.29 bits per heavy atom. The highest BCUT2D eigenvalue weighted by Gasteiger charge is 2.37. The first kappa shape index (κ1) is 17.9. The smallest absolute Gasteiger partial charge is 0.192 e. The van der Waals surface area contributed by atoms with Gasteiger partial charge in [0, 0.05) is 11.8 Å². The van der Waals surface area contributed by atoms with Gasteiger partial charge in [-0.2, -0.15) is 5.26 Å². The van der Waals surface area contributed by atoms with E-state index in [1.165, 1.54) is 0 Å². The minimum Gasteiger partial charge on any atom is -0.412 e. The van der Waals surface area contributed by atoms with Gasteiger partial charge in [-0.3, -0.25) is 4.98 Å².